The molecule has 0 amide bonds. The van der Waals surface area contributed by atoms with Crippen molar-refractivity contribution in [1.82, 2.24) is 0 Å². The van der Waals surface area contributed by atoms with Gasteiger partial charge < -0.3 is 0 Å². The zero-order valence-corrected chi connectivity index (χ0v) is 10.7. The van der Waals surface area contributed by atoms with Crippen LogP contribution in [0.5, 0.6) is 0 Å². The molecule has 0 saturated heterocycles. The van der Waals surface area contributed by atoms with Crippen molar-refractivity contribution in [2.75, 3.05) is 0 Å². The molecule has 2 heteroatoms. The maximum atomic E-state index is 10.9. The Morgan fingerprint density at radius 3 is 2.40 bits per heavy atom. The zero-order valence-electron chi connectivity index (χ0n) is 9.98. The molecule has 0 aromatic carbocycles. The molecule has 0 aliphatic rings. The summed E-state index contributed by atoms with van der Waals surface area (Å²) in [5, 5.41) is -0.342. The third kappa shape index (κ3) is 8.44. The molecular formula is C13H21ClO. The van der Waals surface area contributed by atoms with Crippen molar-refractivity contribution in [1.29, 1.82) is 0 Å². The van der Waals surface area contributed by atoms with Gasteiger partial charge in [0, 0.05) is 0 Å². The molecule has 0 radical (unpaired) electrons. The second-order valence-corrected chi connectivity index (χ2v) is 4.71. The Bertz CT molecular complexity index is 249. The lowest BCUT2D eigenvalue weighted by molar-refractivity contribution is -0.116. The predicted octanol–water partition coefficient (Wildman–Crippen LogP) is 4.27. The molecule has 0 aliphatic heterocycles. The van der Waals surface area contributed by atoms with Gasteiger partial charge in [-0.2, -0.15) is 0 Å². The molecule has 0 rings (SSSR count). The second kappa shape index (κ2) is 7.70. The number of ketones is 1. The van der Waals surface area contributed by atoms with E-state index in [0.717, 1.165) is 19.3 Å². The van der Waals surface area contributed by atoms with E-state index in [9.17, 15) is 4.79 Å². The van der Waals surface area contributed by atoms with Crippen LogP contribution in [0.25, 0.3) is 0 Å². The van der Waals surface area contributed by atoms with Crippen LogP contribution in [0.15, 0.2) is 23.8 Å². The van der Waals surface area contributed by atoms with Crippen LogP contribution in [0, 0.1) is 0 Å². The van der Waals surface area contributed by atoms with Gasteiger partial charge >= 0.3 is 0 Å². The predicted molar refractivity (Wildman–Crippen MR) is 67.4 cm³/mol. The average Bonchev–Trinajstić information content (AvgIpc) is 2.13. The van der Waals surface area contributed by atoms with Crippen LogP contribution in [0.4, 0.5) is 0 Å². The number of hydrogen-bond donors (Lipinski definition) is 0. The Kier molecular flexibility index (Phi) is 7.41. The minimum absolute atomic E-state index is 0.0498. The van der Waals surface area contributed by atoms with Crippen LogP contribution in [0.3, 0.4) is 0 Å². The van der Waals surface area contributed by atoms with Crippen LogP contribution >= 0.6 is 11.6 Å². The van der Waals surface area contributed by atoms with Crippen molar-refractivity contribution < 1.29 is 4.79 Å². The number of hydrogen-bond acceptors (Lipinski definition) is 1. The summed E-state index contributed by atoms with van der Waals surface area (Å²) >= 11 is 5.84. The maximum absolute atomic E-state index is 10.9. The minimum atomic E-state index is -0.342. The summed E-state index contributed by atoms with van der Waals surface area (Å²) in [7, 11) is 0. The van der Waals surface area contributed by atoms with Crippen molar-refractivity contribution in [3.8, 4) is 0 Å². The molecule has 1 atom stereocenters. The Morgan fingerprint density at radius 1 is 1.33 bits per heavy atom. The van der Waals surface area contributed by atoms with E-state index in [0.29, 0.717) is 6.42 Å². The van der Waals surface area contributed by atoms with E-state index >= 15 is 0 Å². The Hall–Kier alpha value is -0.560. The molecule has 86 valence electrons. The van der Waals surface area contributed by atoms with E-state index in [1.54, 1.807) is 0 Å². The number of carbonyl (C=O) groups is 1. The number of allylic oxidation sites excluding steroid dienone is 3. The van der Waals surface area contributed by atoms with E-state index in [2.05, 4.69) is 26.5 Å². The number of halogens is 1. The number of carbonyl (C=O) groups excluding carboxylic acids is 1. The van der Waals surface area contributed by atoms with Crippen LogP contribution in [0.2, 0.25) is 0 Å². The Morgan fingerprint density at radius 2 is 1.93 bits per heavy atom. The molecule has 0 N–H and O–H groups in total. The molecule has 0 fully saturated rings. The molecular weight excluding hydrogens is 208 g/mol. The lowest BCUT2D eigenvalue weighted by Crippen LogP contribution is -2.09. The van der Waals surface area contributed by atoms with E-state index in [-0.39, 0.29) is 11.2 Å². The molecule has 0 aromatic rings. The lowest BCUT2D eigenvalue weighted by Gasteiger charge is -2.07. The highest BCUT2D eigenvalue weighted by Crippen LogP contribution is 2.15. The third-order valence-electron chi connectivity index (χ3n) is 2.24. The summed E-state index contributed by atoms with van der Waals surface area (Å²) in [5.41, 5.74) is 2.51. The summed E-state index contributed by atoms with van der Waals surface area (Å²) < 4.78 is 0. The van der Waals surface area contributed by atoms with Crippen molar-refractivity contribution in [3.63, 3.8) is 0 Å². The van der Waals surface area contributed by atoms with Crippen LogP contribution < -0.4 is 0 Å². The first-order valence-corrected chi connectivity index (χ1v) is 5.81. The molecule has 1 unspecified atom stereocenters. The highest BCUT2D eigenvalue weighted by molar-refractivity contribution is 6.30. The summed E-state index contributed by atoms with van der Waals surface area (Å²) in [6, 6.07) is 0. The van der Waals surface area contributed by atoms with Crippen LogP contribution in [-0.4, -0.2) is 11.2 Å². The largest absolute Gasteiger partial charge is 0.298 e. The fourth-order valence-corrected chi connectivity index (χ4v) is 1.33. The summed E-state index contributed by atoms with van der Waals surface area (Å²) in [6.07, 6.45) is 5.80. The average molecular weight is 229 g/mol. The normalized spacial score (nSPS) is 12.0. The first kappa shape index (κ1) is 14.4. The Labute approximate surface area is 98.2 Å². The molecule has 0 saturated carbocycles. The van der Waals surface area contributed by atoms with Crippen molar-refractivity contribution in [3.05, 3.63) is 23.8 Å². The first-order valence-electron chi connectivity index (χ1n) is 5.38. The van der Waals surface area contributed by atoms with Gasteiger partial charge in [0.25, 0.3) is 0 Å². The lowest BCUT2D eigenvalue weighted by atomic mass is 10.0. The van der Waals surface area contributed by atoms with Crippen LogP contribution in [0.1, 0.15) is 46.5 Å². The number of rotatable bonds is 7. The topological polar surface area (TPSA) is 17.1 Å². The van der Waals surface area contributed by atoms with Gasteiger partial charge in [-0.3, -0.25) is 4.79 Å². The molecule has 0 bridgehead atoms. The van der Waals surface area contributed by atoms with Crippen LogP contribution in [-0.2, 0) is 4.79 Å². The molecule has 1 nitrogen and oxygen atoms in total. The number of alkyl halides is 1. The van der Waals surface area contributed by atoms with Crippen molar-refractivity contribution >= 4 is 17.4 Å². The fourth-order valence-electron chi connectivity index (χ4n) is 1.22. The van der Waals surface area contributed by atoms with Gasteiger partial charge in [0.05, 0.1) is 5.38 Å². The SMILES string of the molecule is C=C(CCC=C(C)C)CCC(Cl)C(C)=O. The molecule has 0 aliphatic carbocycles. The Balaban J connectivity index is 3.67. The van der Waals surface area contributed by atoms with Gasteiger partial charge in [-0.05, 0) is 46.5 Å². The van der Waals surface area contributed by atoms with Gasteiger partial charge in [0.2, 0.25) is 0 Å². The summed E-state index contributed by atoms with van der Waals surface area (Å²) in [5.74, 6) is 0.0498. The summed E-state index contributed by atoms with van der Waals surface area (Å²) in [6.45, 7) is 9.70. The smallest absolute Gasteiger partial charge is 0.147 e. The quantitative estimate of drug-likeness (QED) is 0.470. The first-order chi connectivity index (χ1) is 6.93. The summed E-state index contributed by atoms with van der Waals surface area (Å²) in [4.78, 5) is 10.9. The minimum Gasteiger partial charge on any atom is -0.298 e. The second-order valence-electron chi connectivity index (χ2n) is 4.19. The van der Waals surface area contributed by atoms with Gasteiger partial charge in [-0.1, -0.05) is 23.8 Å². The number of Topliss-reactive ketones (excluding diaryl/α,β-unsaturated/α-hetero) is 1. The molecule has 0 aromatic heterocycles. The van der Waals surface area contributed by atoms with Crippen molar-refractivity contribution in [2.24, 2.45) is 0 Å². The fraction of sp³-hybridized carbons (Fsp3) is 0.615. The molecule has 0 heterocycles. The highest BCUT2D eigenvalue weighted by atomic mass is 35.5. The maximum Gasteiger partial charge on any atom is 0.147 e. The van der Waals surface area contributed by atoms with E-state index in [4.69, 9.17) is 11.6 Å². The van der Waals surface area contributed by atoms with E-state index < -0.39 is 0 Å². The zero-order chi connectivity index (χ0) is 11.8. The van der Waals surface area contributed by atoms with E-state index in [1.807, 2.05) is 0 Å². The van der Waals surface area contributed by atoms with Crippen molar-refractivity contribution in [2.45, 2.75) is 51.8 Å². The van der Waals surface area contributed by atoms with Gasteiger partial charge in [-0.15, -0.1) is 11.6 Å². The van der Waals surface area contributed by atoms with Gasteiger partial charge in [0.1, 0.15) is 5.78 Å². The molecule has 15 heavy (non-hydrogen) atoms. The van der Waals surface area contributed by atoms with E-state index in [1.165, 1.54) is 18.1 Å². The monoisotopic (exact) mass is 228 g/mol. The van der Waals surface area contributed by atoms with Gasteiger partial charge in [0.15, 0.2) is 0 Å². The molecule has 0 spiro atoms. The highest BCUT2D eigenvalue weighted by Gasteiger charge is 2.09. The van der Waals surface area contributed by atoms with Gasteiger partial charge in [-0.25, -0.2) is 0 Å². The third-order valence-corrected chi connectivity index (χ3v) is 2.77. The standard InChI is InChI=1S/C13H21ClO/c1-10(2)6-5-7-11(3)8-9-13(14)12(4)15/h6,13H,3,5,7-9H2,1-2,4H3.